The van der Waals surface area contributed by atoms with E-state index in [9.17, 15) is 4.79 Å². The van der Waals surface area contributed by atoms with E-state index in [1.165, 1.54) is 0 Å². The first-order chi connectivity index (χ1) is 8.65. The van der Waals surface area contributed by atoms with Crippen LogP contribution in [0.3, 0.4) is 0 Å². The van der Waals surface area contributed by atoms with E-state index in [2.05, 4.69) is 26.3 Å². The van der Waals surface area contributed by atoms with Crippen molar-refractivity contribution in [2.24, 2.45) is 5.92 Å². The van der Waals surface area contributed by atoms with Crippen molar-refractivity contribution in [1.29, 1.82) is 0 Å². The molecule has 2 rings (SSSR count). The first kappa shape index (κ1) is 13.5. The number of nitrogens with zero attached hydrogens (tertiary/aromatic N) is 2. The fourth-order valence-corrected chi connectivity index (χ4v) is 2.32. The Bertz CT molecular complexity index is 402. The molecule has 0 unspecified atom stereocenters. The fraction of sp³-hybridized carbons (Fsp3) is 0.667. The Kier molecular flexibility index (Phi) is 4.77. The maximum absolute atomic E-state index is 11.9. The Morgan fingerprint density at radius 2 is 2.61 bits per heavy atom. The van der Waals surface area contributed by atoms with Gasteiger partial charge in [-0.1, -0.05) is 6.92 Å². The van der Waals surface area contributed by atoms with Gasteiger partial charge in [-0.25, -0.2) is 0 Å². The van der Waals surface area contributed by atoms with Crippen molar-refractivity contribution in [3.63, 3.8) is 0 Å². The van der Waals surface area contributed by atoms with Gasteiger partial charge in [-0.2, -0.15) is 5.10 Å². The van der Waals surface area contributed by atoms with E-state index in [-0.39, 0.29) is 17.9 Å². The van der Waals surface area contributed by atoms with Crippen molar-refractivity contribution in [1.82, 2.24) is 15.1 Å². The van der Waals surface area contributed by atoms with Crippen LogP contribution in [0.15, 0.2) is 16.9 Å². The van der Waals surface area contributed by atoms with Gasteiger partial charge in [0.05, 0.1) is 29.2 Å². The van der Waals surface area contributed by atoms with E-state index in [4.69, 9.17) is 4.74 Å². The SMILES string of the molecule is C[C@H](Cn1cc(Br)cn1)C(=O)NC[C@@H]1CCCO1. The summed E-state index contributed by atoms with van der Waals surface area (Å²) in [5, 5.41) is 7.08. The molecule has 18 heavy (non-hydrogen) atoms. The molecule has 2 atom stereocenters. The predicted octanol–water partition coefficient (Wildman–Crippen LogP) is 1.58. The van der Waals surface area contributed by atoms with Crippen molar-refractivity contribution < 1.29 is 9.53 Å². The second-order valence-corrected chi connectivity index (χ2v) is 5.58. The molecule has 1 fully saturated rings. The van der Waals surface area contributed by atoms with Gasteiger partial charge in [-0.15, -0.1) is 0 Å². The third-order valence-electron chi connectivity index (χ3n) is 3.04. The van der Waals surface area contributed by atoms with Crippen LogP contribution in [0.4, 0.5) is 0 Å². The van der Waals surface area contributed by atoms with Gasteiger partial charge in [0.2, 0.25) is 5.91 Å². The summed E-state index contributed by atoms with van der Waals surface area (Å²) in [6.07, 6.45) is 5.92. The summed E-state index contributed by atoms with van der Waals surface area (Å²) in [6.45, 7) is 3.92. The van der Waals surface area contributed by atoms with E-state index >= 15 is 0 Å². The van der Waals surface area contributed by atoms with Crippen LogP contribution < -0.4 is 5.32 Å². The predicted molar refractivity (Wildman–Crippen MR) is 71.1 cm³/mol. The minimum atomic E-state index is -0.0989. The van der Waals surface area contributed by atoms with Crippen molar-refractivity contribution in [3.05, 3.63) is 16.9 Å². The number of ether oxygens (including phenoxy) is 1. The number of hydrogen-bond acceptors (Lipinski definition) is 3. The summed E-state index contributed by atoms with van der Waals surface area (Å²) in [5.41, 5.74) is 0. The molecule has 1 aliphatic heterocycles. The lowest BCUT2D eigenvalue weighted by Gasteiger charge is -2.14. The third-order valence-corrected chi connectivity index (χ3v) is 3.45. The van der Waals surface area contributed by atoms with Gasteiger partial charge in [0, 0.05) is 19.3 Å². The summed E-state index contributed by atoms with van der Waals surface area (Å²) >= 11 is 3.33. The molecule has 1 aromatic rings. The lowest BCUT2D eigenvalue weighted by Crippen LogP contribution is -2.36. The summed E-state index contributed by atoms with van der Waals surface area (Å²) in [6, 6.07) is 0. The number of amides is 1. The van der Waals surface area contributed by atoms with Crippen molar-refractivity contribution in [3.8, 4) is 0 Å². The van der Waals surface area contributed by atoms with Crippen LogP contribution in [0, 0.1) is 5.92 Å². The van der Waals surface area contributed by atoms with Crippen LogP contribution in [0.25, 0.3) is 0 Å². The monoisotopic (exact) mass is 315 g/mol. The Morgan fingerprint density at radius 3 is 3.22 bits per heavy atom. The van der Waals surface area contributed by atoms with E-state index in [1.54, 1.807) is 10.9 Å². The van der Waals surface area contributed by atoms with Crippen LogP contribution in [-0.2, 0) is 16.1 Å². The highest BCUT2D eigenvalue weighted by Crippen LogP contribution is 2.11. The highest BCUT2D eigenvalue weighted by molar-refractivity contribution is 9.10. The average Bonchev–Trinajstić information content (AvgIpc) is 2.97. The molecule has 2 heterocycles. The number of carbonyl (C=O) groups excluding carboxylic acids is 1. The van der Waals surface area contributed by atoms with Gasteiger partial charge in [0.1, 0.15) is 0 Å². The topological polar surface area (TPSA) is 56.2 Å². The Morgan fingerprint density at radius 1 is 1.78 bits per heavy atom. The van der Waals surface area contributed by atoms with Gasteiger partial charge in [-0.3, -0.25) is 9.48 Å². The molecule has 100 valence electrons. The molecule has 6 heteroatoms. The fourth-order valence-electron chi connectivity index (χ4n) is 2.00. The first-order valence-corrected chi connectivity index (χ1v) is 7.01. The molecule has 1 aromatic heterocycles. The van der Waals surface area contributed by atoms with Gasteiger partial charge < -0.3 is 10.1 Å². The van der Waals surface area contributed by atoms with Crippen LogP contribution in [0.2, 0.25) is 0 Å². The zero-order valence-corrected chi connectivity index (χ0v) is 12.0. The summed E-state index contributed by atoms with van der Waals surface area (Å²) in [4.78, 5) is 11.9. The second kappa shape index (κ2) is 6.33. The average molecular weight is 316 g/mol. The molecule has 5 nitrogen and oxygen atoms in total. The smallest absolute Gasteiger partial charge is 0.224 e. The molecule has 0 saturated carbocycles. The van der Waals surface area contributed by atoms with Crippen LogP contribution in [-0.4, -0.2) is 34.9 Å². The van der Waals surface area contributed by atoms with E-state index in [1.807, 2.05) is 13.1 Å². The van der Waals surface area contributed by atoms with Gasteiger partial charge in [0.25, 0.3) is 0 Å². The largest absolute Gasteiger partial charge is 0.376 e. The maximum Gasteiger partial charge on any atom is 0.224 e. The summed E-state index contributed by atoms with van der Waals surface area (Å²) < 4.78 is 8.16. The molecule has 0 spiro atoms. The van der Waals surface area contributed by atoms with Crippen molar-refractivity contribution in [2.75, 3.05) is 13.2 Å². The zero-order valence-electron chi connectivity index (χ0n) is 10.4. The number of rotatable bonds is 5. The quantitative estimate of drug-likeness (QED) is 0.897. The molecule has 1 amide bonds. The zero-order chi connectivity index (χ0) is 13.0. The van der Waals surface area contributed by atoms with Crippen molar-refractivity contribution in [2.45, 2.75) is 32.4 Å². The van der Waals surface area contributed by atoms with Gasteiger partial charge in [-0.05, 0) is 28.8 Å². The standard InChI is InChI=1S/C12H18BrN3O2/c1-9(7-16-8-10(13)5-15-16)12(17)14-6-11-3-2-4-18-11/h5,8-9,11H,2-4,6-7H2,1H3,(H,14,17)/t9-,11+/m1/s1. The molecule has 1 saturated heterocycles. The van der Waals surface area contributed by atoms with Crippen molar-refractivity contribution >= 4 is 21.8 Å². The molecule has 0 aliphatic carbocycles. The molecular weight excluding hydrogens is 298 g/mol. The maximum atomic E-state index is 11.9. The highest BCUT2D eigenvalue weighted by Gasteiger charge is 2.19. The lowest BCUT2D eigenvalue weighted by molar-refractivity contribution is -0.125. The van der Waals surface area contributed by atoms with Crippen LogP contribution in [0.5, 0.6) is 0 Å². The highest BCUT2D eigenvalue weighted by atomic mass is 79.9. The molecule has 0 bridgehead atoms. The molecule has 1 aliphatic rings. The van der Waals surface area contributed by atoms with E-state index in [0.717, 1.165) is 23.9 Å². The lowest BCUT2D eigenvalue weighted by atomic mass is 10.1. The molecule has 1 N–H and O–H groups in total. The van der Waals surface area contributed by atoms with Crippen LogP contribution >= 0.6 is 15.9 Å². The minimum Gasteiger partial charge on any atom is -0.376 e. The minimum absolute atomic E-state index is 0.0529. The summed E-state index contributed by atoms with van der Waals surface area (Å²) in [7, 11) is 0. The Balaban J connectivity index is 1.74. The molecule has 0 aromatic carbocycles. The Hall–Kier alpha value is -0.880. The van der Waals surface area contributed by atoms with Crippen LogP contribution in [0.1, 0.15) is 19.8 Å². The van der Waals surface area contributed by atoms with E-state index < -0.39 is 0 Å². The number of halogens is 1. The number of hydrogen-bond donors (Lipinski definition) is 1. The van der Waals surface area contributed by atoms with Gasteiger partial charge >= 0.3 is 0 Å². The van der Waals surface area contributed by atoms with E-state index in [0.29, 0.717) is 13.1 Å². The molecular formula is C12H18BrN3O2. The molecule has 0 radical (unpaired) electrons. The third kappa shape index (κ3) is 3.81. The number of carbonyl (C=O) groups is 1. The second-order valence-electron chi connectivity index (χ2n) is 4.66. The Labute approximate surface area is 115 Å². The number of nitrogens with one attached hydrogen (secondary N) is 1. The number of aromatic nitrogens is 2. The first-order valence-electron chi connectivity index (χ1n) is 6.22. The summed E-state index contributed by atoms with van der Waals surface area (Å²) in [5.74, 6) is -0.0460. The normalized spacial score (nSPS) is 20.9. The van der Waals surface area contributed by atoms with Gasteiger partial charge in [0.15, 0.2) is 0 Å².